The van der Waals surface area contributed by atoms with Crippen LogP contribution < -0.4 is 10.0 Å². The molecule has 1 aliphatic rings. The number of carbonyl (C=O) groups excluding carboxylic acids is 1. The Morgan fingerprint density at radius 3 is 2.65 bits per heavy atom. The summed E-state index contributed by atoms with van der Waals surface area (Å²) in [6, 6.07) is 6.54. The predicted octanol–water partition coefficient (Wildman–Crippen LogP) is 2.39. The maximum absolute atomic E-state index is 12.1. The highest BCUT2D eigenvalue weighted by Gasteiger charge is 2.17. The summed E-state index contributed by atoms with van der Waals surface area (Å²) in [5.41, 5.74) is 0. The molecule has 0 saturated carbocycles. The fraction of sp³-hybridized carbons (Fsp3) is 0.611. The number of nitrogens with zero attached hydrogens (tertiary/aromatic N) is 1. The molecule has 1 aromatic carbocycles. The van der Waals surface area contributed by atoms with Gasteiger partial charge in [0.25, 0.3) is 0 Å². The summed E-state index contributed by atoms with van der Waals surface area (Å²) in [7, 11) is -3.61. The van der Waals surface area contributed by atoms with Crippen LogP contribution in [0.25, 0.3) is 0 Å². The van der Waals surface area contributed by atoms with Crippen LogP contribution in [0.2, 0.25) is 5.02 Å². The third-order valence-electron chi connectivity index (χ3n) is 4.65. The molecule has 6 nitrogen and oxygen atoms in total. The van der Waals surface area contributed by atoms with Crippen molar-refractivity contribution < 1.29 is 13.2 Å². The first kappa shape index (κ1) is 21.2. The second kappa shape index (κ2) is 10.3. The Labute approximate surface area is 161 Å². The van der Waals surface area contributed by atoms with Crippen LogP contribution in [0.1, 0.15) is 39.0 Å². The van der Waals surface area contributed by atoms with Gasteiger partial charge in [0, 0.05) is 37.1 Å². The summed E-state index contributed by atoms with van der Waals surface area (Å²) in [5, 5.41) is 3.33. The number of amides is 1. The summed E-state index contributed by atoms with van der Waals surface area (Å²) in [5.74, 6) is -0.143. The number of likely N-dealkylation sites (tertiary alicyclic amines) is 1. The van der Waals surface area contributed by atoms with E-state index in [0.717, 1.165) is 19.5 Å². The number of hydrogen-bond donors (Lipinski definition) is 2. The summed E-state index contributed by atoms with van der Waals surface area (Å²) in [4.78, 5) is 14.5. The van der Waals surface area contributed by atoms with Gasteiger partial charge >= 0.3 is 0 Å². The molecule has 146 valence electrons. The van der Waals surface area contributed by atoms with Crippen molar-refractivity contribution in [2.75, 3.05) is 26.2 Å². The first-order chi connectivity index (χ1) is 12.4. The van der Waals surface area contributed by atoms with Gasteiger partial charge in [0.1, 0.15) is 0 Å². The van der Waals surface area contributed by atoms with E-state index in [4.69, 9.17) is 11.6 Å². The van der Waals surface area contributed by atoms with Gasteiger partial charge in [-0.15, -0.1) is 0 Å². The van der Waals surface area contributed by atoms with Crippen LogP contribution in [0.15, 0.2) is 29.2 Å². The van der Waals surface area contributed by atoms with Crippen molar-refractivity contribution in [3.05, 3.63) is 29.3 Å². The maximum Gasteiger partial charge on any atom is 0.240 e. The van der Waals surface area contributed by atoms with Crippen LogP contribution >= 0.6 is 11.6 Å². The number of benzene rings is 1. The monoisotopic (exact) mass is 401 g/mol. The Bertz CT molecular complexity index is 679. The fourth-order valence-corrected chi connectivity index (χ4v) is 4.24. The summed E-state index contributed by atoms with van der Waals surface area (Å²) >= 11 is 5.75. The van der Waals surface area contributed by atoms with Crippen molar-refractivity contribution >= 4 is 27.5 Å². The minimum atomic E-state index is -3.61. The molecule has 2 N–H and O–H groups in total. The van der Waals surface area contributed by atoms with Gasteiger partial charge in [-0.05, 0) is 57.0 Å². The number of halogens is 1. The van der Waals surface area contributed by atoms with Crippen molar-refractivity contribution in [3.8, 4) is 0 Å². The Morgan fingerprint density at radius 2 is 1.96 bits per heavy atom. The first-order valence-electron chi connectivity index (χ1n) is 9.14. The van der Waals surface area contributed by atoms with Crippen molar-refractivity contribution in [3.63, 3.8) is 0 Å². The van der Waals surface area contributed by atoms with E-state index in [1.807, 2.05) is 0 Å². The van der Waals surface area contributed by atoms with Crippen LogP contribution in [0.4, 0.5) is 0 Å². The average Bonchev–Trinajstić information content (AvgIpc) is 2.60. The van der Waals surface area contributed by atoms with Gasteiger partial charge in [-0.1, -0.05) is 18.0 Å². The number of piperidine rings is 1. The number of hydrogen-bond acceptors (Lipinski definition) is 4. The zero-order valence-corrected chi connectivity index (χ0v) is 16.8. The lowest BCUT2D eigenvalue weighted by Gasteiger charge is -2.33. The number of nitrogens with one attached hydrogen (secondary N) is 2. The molecule has 8 heteroatoms. The average molecular weight is 402 g/mol. The van der Waals surface area contributed by atoms with Gasteiger partial charge in [0.05, 0.1) is 4.90 Å². The third kappa shape index (κ3) is 6.87. The molecular weight excluding hydrogens is 374 g/mol. The molecule has 1 aliphatic heterocycles. The van der Waals surface area contributed by atoms with Crippen molar-refractivity contribution in [1.82, 2.24) is 14.9 Å². The van der Waals surface area contributed by atoms with Crippen LogP contribution in [0, 0.1) is 0 Å². The molecule has 1 fully saturated rings. The molecule has 0 radical (unpaired) electrons. The van der Waals surface area contributed by atoms with Crippen molar-refractivity contribution in [2.45, 2.75) is 50.0 Å². The molecular formula is C18H28ClN3O3S. The van der Waals surface area contributed by atoms with E-state index < -0.39 is 10.0 Å². The normalized spacial score (nSPS) is 18.6. The van der Waals surface area contributed by atoms with Gasteiger partial charge < -0.3 is 10.2 Å². The second-order valence-electron chi connectivity index (χ2n) is 6.69. The molecule has 1 heterocycles. The van der Waals surface area contributed by atoms with Gasteiger partial charge in [-0.3, -0.25) is 4.79 Å². The topological polar surface area (TPSA) is 78.5 Å². The molecule has 0 spiro atoms. The second-order valence-corrected chi connectivity index (χ2v) is 8.89. The van der Waals surface area contributed by atoms with E-state index in [1.54, 1.807) is 0 Å². The smallest absolute Gasteiger partial charge is 0.240 e. The van der Waals surface area contributed by atoms with Crippen molar-refractivity contribution in [2.24, 2.45) is 0 Å². The van der Waals surface area contributed by atoms with E-state index in [-0.39, 0.29) is 23.8 Å². The molecule has 0 aromatic heterocycles. The third-order valence-corrected chi connectivity index (χ3v) is 6.38. The minimum absolute atomic E-state index is 0.0694. The lowest BCUT2D eigenvalue weighted by atomic mass is 10.0. The lowest BCUT2D eigenvalue weighted by Crippen LogP contribution is -2.39. The van der Waals surface area contributed by atoms with Crippen LogP contribution in [-0.2, 0) is 14.8 Å². The van der Waals surface area contributed by atoms with E-state index in [1.165, 1.54) is 43.5 Å². The minimum Gasteiger partial charge on any atom is -0.356 e. The number of rotatable bonds is 9. The zero-order chi connectivity index (χ0) is 19.0. The van der Waals surface area contributed by atoms with Gasteiger partial charge in [0.2, 0.25) is 15.9 Å². The highest BCUT2D eigenvalue weighted by Crippen LogP contribution is 2.16. The Kier molecular flexibility index (Phi) is 8.34. The number of sulfonamides is 1. The molecule has 1 aromatic rings. The van der Waals surface area contributed by atoms with Crippen molar-refractivity contribution in [1.29, 1.82) is 0 Å². The molecule has 0 unspecified atom stereocenters. The highest BCUT2D eigenvalue weighted by molar-refractivity contribution is 7.89. The number of carbonyl (C=O) groups is 1. The molecule has 0 bridgehead atoms. The van der Waals surface area contributed by atoms with Gasteiger partial charge in [0.15, 0.2) is 0 Å². The summed E-state index contributed by atoms with van der Waals surface area (Å²) in [6.07, 6.45) is 4.84. The van der Waals surface area contributed by atoms with E-state index >= 15 is 0 Å². The molecule has 1 atom stereocenters. The lowest BCUT2D eigenvalue weighted by molar-refractivity contribution is -0.120. The SMILES string of the molecule is C[C@@H]1CCCCN1CCCNC(=O)CCNS(=O)(=O)c1ccc(Cl)cc1. The zero-order valence-electron chi connectivity index (χ0n) is 15.2. The summed E-state index contributed by atoms with van der Waals surface area (Å²) in [6.45, 7) is 5.07. The predicted molar refractivity (Wildman–Crippen MR) is 104 cm³/mol. The van der Waals surface area contributed by atoms with Gasteiger partial charge in [-0.2, -0.15) is 0 Å². The molecule has 1 amide bonds. The highest BCUT2D eigenvalue weighted by atomic mass is 35.5. The van der Waals surface area contributed by atoms with Crippen LogP contribution in [-0.4, -0.2) is 51.4 Å². The molecule has 2 rings (SSSR count). The van der Waals surface area contributed by atoms with E-state index in [2.05, 4.69) is 21.9 Å². The Hall–Kier alpha value is -1.15. The Morgan fingerprint density at radius 1 is 1.23 bits per heavy atom. The summed E-state index contributed by atoms with van der Waals surface area (Å²) < 4.78 is 26.6. The largest absolute Gasteiger partial charge is 0.356 e. The van der Waals surface area contributed by atoms with Crippen LogP contribution in [0.3, 0.4) is 0 Å². The van der Waals surface area contributed by atoms with E-state index in [9.17, 15) is 13.2 Å². The fourth-order valence-electron chi connectivity index (χ4n) is 3.08. The standard InChI is InChI=1S/C18H28ClN3O3S/c1-15-5-2-3-13-22(15)14-4-11-20-18(23)10-12-21-26(24,25)17-8-6-16(19)7-9-17/h6-9,15,21H,2-5,10-14H2,1H3,(H,20,23)/t15-/m1/s1. The van der Waals surface area contributed by atoms with Gasteiger partial charge in [-0.25, -0.2) is 13.1 Å². The maximum atomic E-state index is 12.1. The first-order valence-corrected chi connectivity index (χ1v) is 11.0. The molecule has 26 heavy (non-hydrogen) atoms. The Balaban J connectivity index is 1.62. The molecule has 1 saturated heterocycles. The van der Waals surface area contributed by atoms with E-state index in [0.29, 0.717) is 17.6 Å². The quantitative estimate of drug-likeness (QED) is 0.623. The van der Waals surface area contributed by atoms with Crippen LogP contribution in [0.5, 0.6) is 0 Å². The molecule has 0 aliphatic carbocycles.